The van der Waals surface area contributed by atoms with Crippen molar-refractivity contribution in [1.82, 2.24) is 0 Å². The molecule has 0 atom stereocenters. The molecule has 0 bridgehead atoms. The number of carbonyl (C=O) groups is 1. The van der Waals surface area contributed by atoms with Gasteiger partial charge in [-0.25, -0.2) is 4.79 Å². The molecule has 1 aromatic carbocycles. The molecule has 0 aliphatic heterocycles. The van der Waals surface area contributed by atoms with E-state index in [1.165, 1.54) is 0 Å². The van der Waals surface area contributed by atoms with Crippen molar-refractivity contribution in [3.63, 3.8) is 0 Å². The van der Waals surface area contributed by atoms with Crippen LogP contribution in [0, 0.1) is 0 Å². The highest BCUT2D eigenvalue weighted by molar-refractivity contribution is 5.90. The van der Waals surface area contributed by atoms with Crippen LogP contribution in [0.5, 0.6) is 11.5 Å². The maximum absolute atomic E-state index is 11.7. The van der Waals surface area contributed by atoms with E-state index in [9.17, 15) is 4.79 Å². The smallest absolute Gasteiger partial charge is 0.338 e. The Morgan fingerprint density at radius 1 is 1.15 bits per heavy atom. The number of hydrogen-bond donors (Lipinski definition) is 1. The van der Waals surface area contributed by atoms with Gasteiger partial charge in [-0.2, -0.15) is 0 Å². The summed E-state index contributed by atoms with van der Waals surface area (Å²) in [6.07, 6.45) is 0. The standard InChI is InChI=1S/C14H20O6/c1-3-18-14(16)11-4-5-12(19-7-6-15)13(10-11)20-9-8-17-2/h4-5,10,15H,3,6-9H2,1-2H3. The van der Waals surface area contributed by atoms with Gasteiger partial charge in [0, 0.05) is 7.11 Å². The number of aliphatic hydroxyl groups excluding tert-OH is 1. The Morgan fingerprint density at radius 3 is 2.55 bits per heavy atom. The summed E-state index contributed by atoms with van der Waals surface area (Å²) in [6, 6.07) is 4.76. The largest absolute Gasteiger partial charge is 0.487 e. The van der Waals surface area contributed by atoms with Gasteiger partial charge in [0.05, 0.1) is 25.4 Å². The Labute approximate surface area is 118 Å². The molecule has 0 saturated carbocycles. The van der Waals surface area contributed by atoms with Crippen LogP contribution in [-0.2, 0) is 9.47 Å². The lowest BCUT2D eigenvalue weighted by Gasteiger charge is -2.13. The van der Waals surface area contributed by atoms with Crippen molar-refractivity contribution in [3.05, 3.63) is 23.8 Å². The molecule has 1 rings (SSSR count). The first-order valence-corrected chi connectivity index (χ1v) is 6.39. The molecule has 112 valence electrons. The van der Waals surface area contributed by atoms with Crippen LogP contribution in [-0.4, -0.2) is 51.2 Å². The van der Waals surface area contributed by atoms with Gasteiger partial charge in [-0.15, -0.1) is 0 Å². The third kappa shape index (κ3) is 5.07. The fourth-order valence-corrected chi connectivity index (χ4v) is 1.47. The predicted molar refractivity (Wildman–Crippen MR) is 72.4 cm³/mol. The first-order chi connectivity index (χ1) is 9.72. The maximum Gasteiger partial charge on any atom is 0.338 e. The van der Waals surface area contributed by atoms with E-state index in [-0.39, 0.29) is 13.2 Å². The normalized spacial score (nSPS) is 10.2. The van der Waals surface area contributed by atoms with Crippen LogP contribution in [0.4, 0.5) is 0 Å². The number of hydrogen-bond acceptors (Lipinski definition) is 6. The molecule has 20 heavy (non-hydrogen) atoms. The molecule has 6 heteroatoms. The summed E-state index contributed by atoms with van der Waals surface area (Å²) in [5.74, 6) is 0.460. The lowest BCUT2D eigenvalue weighted by atomic mass is 10.2. The van der Waals surface area contributed by atoms with Crippen LogP contribution in [0.25, 0.3) is 0 Å². The van der Waals surface area contributed by atoms with Crippen molar-refractivity contribution in [2.24, 2.45) is 0 Å². The van der Waals surface area contributed by atoms with Gasteiger partial charge in [-0.1, -0.05) is 0 Å². The van der Waals surface area contributed by atoms with Crippen LogP contribution in [0.15, 0.2) is 18.2 Å². The summed E-state index contributed by atoms with van der Waals surface area (Å²) in [5.41, 5.74) is 0.385. The molecule has 0 aromatic heterocycles. The highest BCUT2D eigenvalue weighted by atomic mass is 16.5. The molecule has 0 saturated heterocycles. The van der Waals surface area contributed by atoms with Crippen LogP contribution < -0.4 is 9.47 Å². The second kappa shape index (κ2) is 9.17. The lowest BCUT2D eigenvalue weighted by Crippen LogP contribution is -2.10. The van der Waals surface area contributed by atoms with Gasteiger partial charge in [0.2, 0.25) is 0 Å². The van der Waals surface area contributed by atoms with Crippen LogP contribution in [0.3, 0.4) is 0 Å². The molecule has 0 aliphatic rings. The minimum atomic E-state index is -0.419. The minimum Gasteiger partial charge on any atom is -0.487 e. The van der Waals surface area contributed by atoms with Crippen LogP contribution >= 0.6 is 0 Å². The molecule has 0 fully saturated rings. The number of rotatable bonds is 9. The van der Waals surface area contributed by atoms with E-state index < -0.39 is 5.97 Å². The number of ether oxygens (including phenoxy) is 4. The van der Waals surface area contributed by atoms with Crippen LogP contribution in [0.2, 0.25) is 0 Å². The average molecular weight is 284 g/mol. The first kappa shape index (κ1) is 16.3. The SMILES string of the molecule is CCOC(=O)c1ccc(OCCO)c(OCCOC)c1. The van der Waals surface area contributed by atoms with Gasteiger partial charge >= 0.3 is 5.97 Å². The van der Waals surface area contributed by atoms with Gasteiger partial charge in [0.15, 0.2) is 11.5 Å². The van der Waals surface area contributed by atoms with Gasteiger partial charge in [-0.3, -0.25) is 0 Å². The zero-order chi connectivity index (χ0) is 14.8. The number of benzene rings is 1. The molecule has 0 heterocycles. The molecule has 0 aliphatic carbocycles. The van der Waals surface area contributed by atoms with Gasteiger partial charge in [-0.05, 0) is 25.1 Å². The van der Waals surface area contributed by atoms with Crippen molar-refractivity contribution in [3.8, 4) is 11.5 Å². The Morgan fingerprint density at radius 2 is 1.90 bits per heavy atom. The second-order valence-corrected chi connectivity index (χ2v) is 3.80. The Kier molecular flexibility index (Phi) is 7.46. The predicted octanol–water partition coefficient (Wildman–Crippen LogP) is 1.26. The molecule has 0 unspecified atom stereocenters. The van der Waals surface area contributed by atoms with E-state index in [1.54, 1.807) is 32.2 Å². The number of methoxy groups -OCH3 is 1. The molecule has 0 radical (unpaired) electrons. The lowest BCUT2D eigenvalue weighted by molar-refractivity contribution is 0.0525. The molecular formula is C14H20O6. The summed E-state index contributed by atoms with van der Waals surface area (Å²) in [7, 11) is 1.57. The molecule has 1 aromatic rings. The Balaban J connectivity index is 2.85. The van der Waals surface area contributed by atoms with E-state index in [1.807, 2.05) is 0 Å². The van der Waals surface area contributed by atoms with E-state index in [4.69, 9.17) is 24.1 Å². The maximum atomic E-state index is 11.7. The van der Waals surface area contributed by atoms with Gasteiger partial charge in [0.25, 0.3) is 0 Å². The second-order valence-electron chi connectivity index (χ2n) is 3.80. The van der Waals surface area contributed by atoms with Crippen molar-refractivity contribution >= 4 is 5.97 Å². The molecular weight excluding hydrogens is 264 g/mol. The summed E-state index contributed by atoms with van der Waals surface area (Å²) in [4.78, 5) is 11.7. The minimum absolute atomic E-state index is 0.100. The van der Waals surface area contributed by atoms with Crippen molar-refractivity contribution < 1.29 is 28.8 Å². The first-order valence-electron chi connectivity index (χ1n) is 6.39. The third-order valence-corrected chi connectivity index (χ3v) is 2.35. The van der Waals surface area contributed by atoms with Gasteiger partial charge < -0.3 is 24.1 Å². The van der Waals surface area contributed by atoms with Crippen LogP contribution in [0.1, 0.15) is 17.3 Å². The zero-order valence-corrected chi connectivity index (χ0v) is 11.8. The molecule has 0 spiro atoms. The summed E-state index contributed by atoms with van der Waals surface area (Å²) < 4.78 is 20.7. The molecule has 1 N–H and O–H groups in total. The monoisotopic (exact) mass is 284 g/mol. The van der Waals surface area contributed by atoms with E-state index in [2.05, 4.69) is 0 Å². The molecule has 0 amide bonds. The van der Waals surface area contributed by atoms with E-state index in [0.717, 1.165) is 0 Å². The number of carbonyl (C=O) groups excluding carboxylic acids is 1. The van der Waals surface area contributed by atoms with Crippen molar-refractivity contribution in [2.45, 2.75) is 6.92 Å². The third-order valence-electron chi connectivity index (χ3n) is 2.35. The fourth-order valence-electron chi connectivity index (χ4n) is 1.47. The highest BCUT2D eigenvalue weighted by Gasteiger charge is 2.12. The number of aliphatic hydroxyl groups is 1. The van der Waals surface area contributed by atoms with E-state index >= 15 is 0 Å². The summed E-state index contributed by atoms with van der Waals surface area (Å²) in [5, 5.41) is 8.79. The Bertz CT molecular complexity index is 418. The van der Waals surface area contributed by atoms with Gasteiger partial charge in [0.1, 0.15) is 13.2 Å². The van der Waals surface area contributed by atoms with Crippen molar-refractivity contribution in [1.29, 1.82) is 0 Å². The van der Waals surface area contributed by atoms with E-state index in [0.29, 0.717) is 36.9 Å². The quantitative estimate of drug-likeness (QED) is 0.543. The average Bonchev–Trinajstić information content (AvgIpc) is 2.46. The fraction of sp³-hybridized carbons (Fsp3) is 0.500. The number of esters is 1. The Hall–Kier alpha value is -1.79. The zero-order valence-electron chi connectivity index (χ0n) is 11.8. The molecule has 6 nitrogen and oxygen atoms in total. The summed E-state index contributed by atoms with van der Waals surface area (Å²) >= 11 is 0. The summed E-state index contributed by atoms with van der Waals surface area (Å²) in [6.45, 7) is 2.85. The highest BCUT2D eigenvalue weighted by Crippen LogP contribution is 2.28. The van der Waals surface area contributed by atoms with Crippen molar-refractivity contribution in [2.75, 3.05) is 40.1 Å². The topological polar surface area (TPSA) is 74.2 Å².